The van der Waals surface area contributed by atoms with Crippen molar-refractivity contribution < 1.29 is 0 Å². The van der Waals surface area contributed by atoms with Crippen molar-refractivity contribution in [2.24, 2.45) is 7.05 Å². The topological polar surface area (TPSA) is 4.93 Å². The zero-order valence-electron chi connectivity index (χ0n) is 6.36. The van der Waals surface area contributed by atoms with Gasteiger partial charge in [-0.15, -0.1) is 0 Å². The van der Waals surface area contributed by atoms with Crippen molar-refractivity contribution in [1.82, 2.24) is 4.57 Å². The van der Waals surface area contributed by atoms with Crippen LogP contribution in [0.5, 0.6) is 0 Å². The minimum atomic E-state index is 1.38. The molecule has 0 aliphatic heterocycles. The first-order chi connectivity index (χ1) is 4.13. The Hall–Kier alpha value is -0.370. The van der Waals surface area contributed by atoms with Crippen LogP contribution in [0.2, 0.25) is 0 Å². The fourth-order valence-electron chi connectivity index (χ4n) is 0.836. The van der Waals surface area contributed by atoms with E-state index in [2.05, 4.69) is 32.4 Å². The lowest BCUT2D eigenvalue weighted by atomic mass is 10.4. The molecule has 0 aliphatic rings. The van der Waals surface area contributed by atoms with Crippen molar-refractivity contribution in [2.75, 3.05) is 0 Å². The van der Waals surface area contributed by atoms with Crippen molar-refractivity contribution >= 4 is 11.3 Å². The molecule has 0 bridgehead atoms. The standard InChI is InChI=1S/C7H12NS/c1-5-6(2)9-7(3)8(5)4/h1-4H3/q+1. The van der Waals surface area contributed by atoms with E-state index in [1.165, 1.54) is 15.6 Å². The molecular formula is C7H12NS+. The third-order valence-corrected chi connectivity index (χ3v) is 2.96. The quantitative estimate of drug-likeness (QED) is 0.490. The minimum Gasteiger partial charge on any atom is -0.300 e. The molecule has 1 rings (SSSR count). The third kappa shape index (κ3) is 0.990. The Kier molecular flexibility index (Phi) is 1.58. The first kappa shape index (κ1) is 6.75. The van der Waals surface area contributed by atoms with E-state index in [0.717, 1.165) is 0 Å². The van der Waals surface area contributed by atoms with Crippen LogP contribution in [0.1, 0.15) is 15.6 Å². The van der Waals surface area contributed by atoms with Crippen molar-refractivity contribution in [3.8, 4) is 0 Å². The van der Waals surface area contributed by atoms with Gasteiger partial charge in [0.25, 0.3) is 5.01 Å². The molecule has 0 radical (unpaired) electrons. The van der Waals surface area contributed by atoms with Crippen LogP contribution in [0.4, 0.5) is 0 Å². The summed E-state index contributed by atoms with van der Waals surface area (Å²) >= 11 is 1.86. The minimum absolute atomic E-state index is 1.38. The highest BCUT2D eigenvalue weighted by molar-refractivity contribution is 7.11. The predicted octanol–water partition coefficient (Wildman–Crippen LogP) is 2.29. The van der Waals surface area contributed by atoms with Crippen molar-refractivity contribution in [3.63, 3.8) is 0 Å². The van der Waals surface area contributed by atoms with Gasteiger partial charge >= 0.3 is 0 Å². The maximum atomic E-state index is 2.22. The highest BCUT2D eigenvalue weighted by atomic mass is 32.1. The Labute approximate surface area is 60.0 Å². The second kappa shape index (κ2) is 2.10. The molecule has 0 saturated heterocycles. The summed E-state index contributed by atoms with van der Waals surface area (Å²) in [6.45, 7) is 6.45. The van der Waals surface area contributed by atoms with E-state index in [-0.39, 0.29) is 0 Å². The summed E-state index contributed by atoms with van der Waals surface area (Å²) in [5.74, 6) is 0. The average Bonchev–Trinajstić information content (AvgIpc) is 1.98. The molecule has 1 aromatic heterocycles. The largest absolute Gasteiger partial charge is 0.300 e. The summed E-state index contributed by atoms with van der Waals surface area (Å²) in [4.78, 5) is 1.43. The fraction of sp³-hybridized carbons (Fsp3) is 0.571. The molecule has 0 amide bonds. The highest BCUT2D eigenvalue weighted by Gasteiger charge is 2.14. The van der Waals surface area contributed by atoms with Crippen LogP contribution in [0, 0.1) is 20.8 Å². The van der Waals surface area contributed by atoms with E-state index in [0.29, 0.717) is 0 Å². The van der Waals surface area contributed by atoms with Crippen molar-refractivity contribution in [3.05, 3.63) is 15.6 Å². The molecule has 0 saturated carbocycles. The number of hydrogen-bond acceptors (Lipinski definition) is 0. The number of thiazole rings is 1. The van der Waals surface area contributed by atoms with Gasteiger partial charge in [-0.1, -0.05) is 0 Å². The lowest BCUT2D eigenvalue weighted by molar-refractivity contribution is 0.846. The second-order valence-electron chi connectivity index (χ2n) is 2.32. The molecule has 1 nitrogen and oxygen atoms in total. The van der Waals surface area contributed by atoms with Crippen LogP contribution < -0.4 is 0 Å². The normalized spacial score (nSPS) is 10.2. The van der Waals surface area contributed by atoms with E-state index >= 15 is 0 Å². The van der Waals surface area contributed by atoms with Gasteiger partial charge in [0.2, 0.25) is 16.2 Å². The Morgan fingerprint density at radius 2 is 1.78 bits per heavy atom. The molecule has 1 heterocycles. The number of hydrogen-bond donors (Lipinski definition) is 0. The Bertz CT molecular complexity index is 203. The lowest BCUT2D eigenvalue weighted by Crippen LogP contribution is -1.92. The molecule has 0 unspecified atom stereocenters. The zero-order valence-corrected chi connectivity index (χ0v) is 7.17. The lowest BCUT2D eigenvalue weighted by Gasteiger charge is -1.89. The second-order valence-corrected chi connectivity index (χ2v) is 3.73. The van der Waals surface area contributed by atoms with Crippen molar-refractivity contribution in [2.45, 2.75) is 20.8 Å². The van der Waals surface area contributed by atoms with Crippen LogP contribution >= 0.6 is 11.3 Å². The van der Waals surface area contributed by atoms with Crippen LogP contribution in [0.15, 0.2) is 0 Å². The van der Waals surface area contributed by atoms with Crippen LogP contribution in [0.3, 0.4) is 0 Å². The van der Waals surface area contributed by atoms with E-state index in [1.807, 2.05) is 11.3 Å². The summed E-state index contributed by atoms with van der Waals surface area (Å²) in [7, 11) is 2.11. The maximum absolute atomic E-state index is 2.22. The van der Waals surface area contributed by atoms with Gasteiger partial charge < -0.3 is 4.57 Å². The Balaban J connectivity index is 3.29. The number of rotatable bonds is 0. The Morgan fingerprint density at radius 3 is 1.89 bits per heavy atom. The first-order valence-electron chi connectivity index (χ1n) is 3.05. The van der Waals surface area contributed by atoms with E-state index in [1.54, 1.807) is 0 Å². The molecule has 50 valence electrons. The van der Waals surface area contributed by atoms with E-state index < -0.39 is 0 Å². The number of aromatic nitrogens is 1. The van der Waals surface area contributed by atoms with Gasteiger partial charge in [-0.05, 0) is 6.92 Å². The molecule has 0 aromatic carbocycles. The highest BCUT2D eigenvalue weighted by Crippen LogP contribution is 2.17. The molecule has 1 aromatic rings. The van der Waals surface area contributed by atoms with Gasteiger partial charge in [0.05, 0.1) is 5.69 Å². The van der Waals surface area contributed by atoms with Gasteiger partial charge in [0.15, 0.2) is 0 Å². The molecule has 2 heteroatoms. The summed E-state index contributed by atoms with van der Waals surface area (Å²) in [6, 6.07) is 0. The van der Waals surface area contributed by atoms with Gasteiger partial charge in [-0.2, -0.15) is 0 Å². The molecule has 0 N–H and O–H groups in total. The zero-order chi connectivity index (χ0) is 7.02. The van der Waals surface area contributed by atoms with Gasteiger partial charge in [-0.3, -0.25) is 0 Å². The monoisotopic (exact) mass is 142 g/mol. The third-order valence-electron chi connectivity index (χ3n) is 1.79. The predicted molar refractivity (Wildman–Crippen MR) is 41.9 cm³/mol. The number of nitrogens with zero attached hydrogens (tertiary/aromatic N) is 1. The smallest absolute Gasteiger partial charge is 0.277 e. The van der Waals surface area contributed by atoms with E-state index in [9.17, 15) is 0 Å². The molecule has 0 spiro atoms. The van der Waals surface area contributed by atoms with Gasteiger partial charge in [0.1, 0.15) is 0 Å². The summed E-state index contributed by atoms with van der Waals surface area (Å²) < 4.78 is 2.22. The van der Waals surface area contributed by atoms with Crippen LogP contribution in [0.25, 0.3) is 0 Å². The number of aryl methyl sites for hydroxylation is 2. The van der Waals surface area contributed by atoms with Crippen molar-refractivity contribution in [1.29, 1.82) is 0 Å². The molecule has 0 aliphatic carbocycles. The molecule has 0 atom stereocenters. The summed E-state index contributed by atoms with van der Waals surface area (Å²) in [5, 5.41) is 1.38. The summed E-state index contributed by atoms with van der Waals surface area (Å²) in [6.07, 6.45) is 0. The average molecular weight is 142 g/mol. The first-order valence-corrected chi connectivity index (χ1v) is 3.87. The summed E-state index contributed by atoms with van der Waals surface area (Å²) in [5.41, 5.74) is 1.39. The van der Waals surface area contributed by atoms with Crippen LogP contribution in [-0.2, 0) is 7.05 Å². The Morgan fingerprint density at radius 1 is 1.22 bits per heavy atom. The van der Waals surface area contributed by atoms with E-state index in [4.69, 9.17) is 0 Å². The van der Waals surface area contributed by atoms with Gasteiger partial charge in [-0.25, -0.2) is 0 Å². The molecule has 0 fully saturated rings. The van der Waals surface area contributed by atoms with Crippen LogP contribution in [-0.4, -0.2) is 4.57 Å². The van der Waals surface area contributed by atoms with Gasteiger partial charge in [0, 0.05) is 20.9 Å². The SMILES string of the molecule is Cc1[s+]c(C)n(C)c1C. The molecule has 9 heavy (non-hydrogen) atoms. The fourth-order valence-corrected chi connectivity index (χ4v) is 1.84. The maximum Gasteiger partial charge on any atom is 0.277 e. The molecular weight excluding hydrogens is 130 g/mol.